The molecule has 1 atom stereocenters. The van der Waals surface area contributed by atoms with Crippen molar-refractivity contribution in [2.75, 3.05) is 20.1 Å². The molecule has 1 aliphatic rings. The molecule has 1 unspecified atom stereocenters. The van der Waals surface area contributed by atoms with Gasteiger partial charge in [-0.15, -0.1) is 0 Å². The molecule has 0 aromatic heterocycles. The molecule has 1 saturated heterocycles. The van der Waals surface area contributed by atoms with Gasteiger partial charge in [0.2, 0.25) is 0 Å². The second-order valence-electron chi connectivity index (χ2n) is 4.17. The third-order valence-electron chi connectivity index (χ3n) is 2.70. The summed E-state index contributed by atoms with van der Waals surface area (Å²) in [6.07, 6.45) is 4.10. The maximum atomic E-state index is 3.47. The number of hydrogen-bond acceptors (Lipinski definition) is 2. The van der Waals surface area contributed by atoms with Crippen molar-refractivity contribution >= 4 is 0 Å². The molecule has 0 bridgehead atoms. The highest BCUT2D eigenvalue weighted by Crippen LogP contribution is 2.16. The Morgan fingerprint density at radius 1 is 1.50 bits per heavy atom. The number of rotatable bonds is 4. The molecular weight excluding hydrogens is 148 g/mol. The van der Waals surface area contributed by atoms with Crippen LogP contribution in [0.3, 0.4) is 0 Å². The van der Waals surface area contributed by atoms with Crippen LogP contribution in [-0.4, -0.2) is 37.1 Å². The molecule has 2 heteroatoms. The summed E-state index contributed by atoms with van der Waals surface area (Å²) < 4.78 is 0. The van der Waals surface area contributed by atoms with Crippen LogP contribution in [0.1, 0.15) is 33.1 Å². The molecule has 1 fully saturated rings. The fourth-order valence-corrected chi connectivity index (χ4v) is 1.88. The zero-order chi connectivity index (χ0) is 8.97. The van der Waals surface area contributed by atoms with Crippen LogP contribution in [0.2, 0.25) is 0 Å². The van der Waals surface area contributed by atoms with Crippen molar-refractivity contribution < 1.29 is 0 Å². The van der Waals surface area contributed by atoms with Crippen LogP contribution in [-0.2, 0) is 0 Å². The molecule has 0 radical (unpaired) electrons. The highest BCUT2D eigenvalue weighted by molar-refractivity contribution is 4.76. The SMILES string of the molecule is CC(C)NCCC1CCCN1C. The molecular formula is C10H22N2. The zero-order valence-corrected chi connectivity index (χ0v) is 8.64. The summed E-state index contributed by atoms with van der Waals surface area (Å²) in [6, 6.07) is 1.48. The summed E-state index contributed by atoms with van der Waals surface area (Å²) in [6.45, 7) is 6.88. The van der Waals surface area contributed by atoms with Gasteiger partial charge in [-0.05, 0) is 39.4 Å². The number of nitrogens with zero attached hydrogens (tertiary/aromatic N) is 1. The van der Waals surface area contributed by atoms with E-state index >= 15 is 0 Å². The Hall–Kier alpha value is -0.0800. The fourth-order valence-electron chi connectivity index (χ4n) is 1.88. The first kappa shape index (κ1) is 10.0. The summed E-state index contributed by atoms with van der Waals surface area (Å²) in [5.41, 5.74) is 0. The van der Waals surface area contributed by atoms with E-state index in [2.05, 4.69) is 31.1 Å². The van der Waals surface area contributed by atoms with Crippen molar-refractivity contribution in [3.8, 4) is 0 Å². The molecule has 72 valence electrons. The topological polar surface area (TPSA) is 15.3 Å². The van der Waals surface area contributed by atoms with Gasteiger partial charge in [0.15, 0.2) is 0 Å². The van der Waals surface area contributed by atoms with E-state index in [0.29, 0.717) is 6.04 Å². The molecule has 1 N–H and O–H groups in total. The Morgan fingerprint density at radius 3 is 2.75 bits per heavy atom. The van der Waals surface area contributed by atoms with E-state index in [4.69, 9.17) is 0 Å². The molecule has 0 aliphatic carbocycles. The Balaban J connectivity index is 2.06. The van der Waals surface area contributed by atoms with Crippen molar-refractivity contribution in [1.82, 2.24) is 10.2 Å². The summed E-state index contributed by atoms with van der Waals surface area (Å²) in [4.78, 5) is 2.49. The van der Waals surface area contributed by atoms with Gasteiger partial charge in [0, 0.05) is 12.1 Å². The molecule has 1 rings (SSSR count). The van der Waals surface area contributed by atoms with E-state index < -0.39 is 0 Å². The second kappa shape index (κ2) is 4.83. The minimum Gasteiger partial charge on any atom is -0.314 e. The average Bonchev–Trinajstić information content (AvgIpc) is 2.36. The first-order valence-electron chi connectivity index (χ1n) is 5.14. The maximum Gasteiger partial charge on any atom is 0.0105 e. The predicted molar refractivity (Wildman–Crippen MR) is 53.4 cm³/mol. The van der Waals surface area contributed by atoms with Crippen molar-refractivity contribution in [3.63, 3.8) is 0 Å². The zero-order valence-electron chi connectivity index (χ0n) is 8.64. The van der Waals surface area contributed by atoms with Gasteiger partial charge >= 0.3 is 0 Å². The molecule has 1 heterocycles. The van der Waals surface area contributed by atoms with E-state index in [1.807, 2.05) is 0 Å². The van der Waals surface area contributed by atoms with E-state index in [9.17, 15) is 0 Å². The van der Waals surface area contributed by atoms with Crippen LogP contribution < -0.4 is 5.32 Å². The van der Waals surface area contributed by atoms with Crippen molar-refractivity contribution in [3.05, 3.63) is 0 Å². The normalized spacial score (nSPS) is 25.5. The number of hydrogen-bond donors (Lipinski definition) is 1. The molecule has 2 nitrogen and oxygen atoms in total. The molecule has 0 aromatic carbocycles. The lowest BCUT2D eigenvalue weighted by atomic mass is 10.1. The Kier molecular flexibility index (Phi) is 4.02. The first-order valence-corrected chi connectivity index (χ1v) is 5.14. The molecule has 0 spiro atoms. The quantitative estimate of drug-likeness (QED) is 0.687. The van der Waals surface area contributed by atoms with Crippen LogP contribution in [0.15, 0.2) is 0 Å². The minimum atomic E-state index is 0.636. The summed E-state index contributed by atoms with van der Waals surface area (Å²) in [5.74, 6) is 0. The summed E-state index contributed by atoms with van der Waals surface area (Å²) in [7, 11) is 2.24. The molecule has 0 amide bonds. The van der Waals surface area contributed by atoms with Gasteiger partial charge in [-0.1, -0.05) is 13.8 Å². The van der Waals surface area contributed by atoms with Gasteiger partial charge in [0.25, 0.3) is 0 Å². The van der Waals surface area contributed by atoms with E-state index in [1.54, 1.807) is 0 Å². The monoisotopic (exact) mass is 170 g/mol. The van der Waals surface area contributed by atoms with Crippen LogP contribution in [0.4, 0.5) is 0 Å². The lowest BCUT2D eigenvalue weighted by molar-refractivity contribution is 0.291. The Morgan fingerprint density at radius 2 is 2.25 bits per heavy atom. The van der Waals surface area contributed by atoms with Gasteiger partial charge in [0.1, 0.15) is 0 Å². The molecule has 0 saturated carbocycles. The van der Waals surface area contributed by atoms with Gasteiger partial charge in [-0.3, -0.25) is 0 Å². The highest BCUT2D eigenvalue weighted by Gasteiger charge is 2.19. The number of nitrogens with one attached hydrogen (secondary N) is 1. The number of likely N-dealkylation sites (tertiary alicyclic amines) is 1. The van der Waals surface area contributed by atoms with Crippen molar-refractivity contribution in [1.29, 1.82) is 0 Å². The van der Waals surface area contributed by atoms with Crippen LogP contribution >= 0.6 is 0 Å². The van der Waals surface area contributed by atoms with Gasteiger partial charge < -0.3 is 10.2 Å². The van der Waals surface area contributed by atoms with Crippen LogP contribution in [0.25, 0.3) is 0 Å². The van der Waals surface area contributed by atoms with Gasteiger partial charge in [-0.25, -0.2) is 0 Å². The molecule has 0 aromatic rings. The standard InChI is InChI=1S/C10H22N2/c1-9(2)11-7-6-10-5-4-8-12(10)3/h9-11H,4-8H2,1-3H3. The maximum absolute atomic E-state index is 3.47. The van der Waals surface area contributed by atoms with Crippen molar-refractivity contribution in [2.24, 2.45) is 0 Å². The van der Waals surface area contributed by atoms with E-state index in [0.717, 1.165) is 6.04 Å². The predicted octanol–water partition coefficient (Wildman–Crippen LogP) is 1.47. The van der Waals surface area contributed by atoms with Gasteiger partial charge in [-0.2, -0.15) is 0 Å². The smallest absolute Gasteiger partial charge is 0.0105 e. The van der Waals surface area contributed by atoms with E-state index in [1.165, 1.54) is 32.4 Å². The lowest BCUT2D eigenvalue weighted by Gasteiger charge is -2.19. The van der Waals surface area contributed by atoms with Crippen LogP contribution in [0.5, 0.6) is 0 Å². The Bertz CT molecular complexity index is 123. The van der Waals surface area contributed by atoms with Crippen LogP contribution in [0, 0.1) is 0 Å². The minimum absolute atomic E-state index is 0.636. The molecule has 1 aliphatic heterocycles. The highest BCUT2D eigenvalue weighted by atomic mass is 15.1. The van der Waals surface area contributed by atoms with Gasteiger partial charge in [0.05, 0.1) is 0 Å². The first-order chi connectivity index (χ1) is 5.70. The third kappa shape index (κ3) is 3.11. The lowest BCUT2D eigenvalue weighted by Crippen LogP contribution is -2.31. The second-order valence-corrected chi connectivity index (χ2v) is 4.17. The Labute approximate surface area is 76.3 Å². The van der Waals surface area contributed by atoms with E-state index in [-0.39, 0.29) is 0 Å². The summed E-state index contributed by atoms with van der Waals surface area (Å²) >= 11 is 0. The summed E-state index contributed by atoms with van der Waals surface area (Å²) in [5, 5.41) is 3.47. The van der Waals surface area contributed by atoms with Crippen molar-refractivity contribution in [2.45, 2.75) is 45.2 Å². The third-order valence-corrected chi connectivity index (χ3v) is 2.70. The average molecular weight is 170 g/mol. The largest absolute Gasteiger partial charge is 0.314 e. The fraction of sp³-hybridized carbons (Fsp3) is 1.00. The molecule has 12 heavy (non-hydrogen) atoms.